The number of carbonyl (C=O) groups excluding carboxylic acids is 1. The van der Waals surface area contributed by atoms with Crippen molar-refractivity contribution in [1.29, 1.82) is 0 Å². The first-order chi connectivity index (χ1) is 12.2. The average Bonchev–Trinajstić information content (AvgIpc) is 3.49. The number of piperazine rings is 1. The predicted octanol–water partition coefficient (Wildman–Crippen LogP) is 2.55. The van der Waals surface area contributed by atoms with E-state index in [0.29, 0.717) is 12.3 Å². The first-order valence-electron chi connectivity index (χ1n) is 9.11. The van der Waals surface area contributed by atoms with Gasteiger partial charge in [0.1, 0.15) is 0 Å². The molecule has 130 valence electrons. The number of anilines is 1. The zero-order valence-corrected chi connectivity index (χ0v) is 14.7. The van der Waals surface area contributed by atoms with Crippen LogP contribution in [0.1, 0.15) is 35.6 Å². The third kappa shape index (κ3) is 3.81. The van der Waals surface area contributed by atoms with Gasteiger partial charge in [0.25, 0.3) is 0 Å². The Kier molecular flexibility index (Phi) is 4.38. The monoisotopic (exact) mass is 336 g/mol. The van der Waals surface area contributed by atoms with Crippen LogP contribution in [0.5, 0.6) is 0 Å². The molecule has 2 aliphatic rings. The largest absolute Gasteiger partial charge is 0.352 e. The molecule has 4 rings (SSSR count). The highest BCUT2D eigenvalue weighted by Crippen LogP contribution is 2.38. The van der Waals surface area contributed by atoms with Crippen molar-refractivity contribution in [2.24, 2.45) is 0 Å². The molecule has 2 aromatic rings. The van der Waals surface area contributed by atoms with Crippen LogP contribution in [-0.4, -0.2) is 47.2 Å². The highest BCUT2D eigenvalue weighted by Gasteiger charge is 2.26. The van der Waals surface area contributed by atoms with Crippen molar-refractivity contribution in [3.8, 4) is 0 Å². The molecular weight excluding hydrogens is 312 g/mol. The lowest BCUT2D eigenvalue weighted by Gasteiger charge is -2.35. The van der Waals surface area contributed by atoms with Gasteiger partial charge in [-0.05, 0) is 37.5 Å². The quantitative estimate of drug-likeness (QED) is 0.861. The summed E-state index contributed by atoms with van der Waals surface area (Å²) in [7, 11) is 0. The van der Waals surface area contributed by atoms with E-state index in [1.807, 2.05) is 17.0 Å². The molecule has 1 aliphatic carbocycles. The second kappa shape index (κ2) is 6.82. The molecule has 2 heterocycles. The van der Waals surface area contributed by atoms with Gasteiger partial charge in [-0.3, -0.25) is 4.79 Å². The van der Waals surface area contributed by atoms with Gasteiger partial charge < -0.3 is 9.80 Å². The average molecular weight is 336 g/mol. The third-order valence-corrected chi connectivity index (χ3v) is 5.10. The first-order valence-corrected chi connectivity index (χ1v) is 9.11. The van der Waals surface area contributed by atoms with Gasteiger partial charge in [-0.1, -0.05) is 29.8 Å². The highest BCUT2D eigenvalue weighted by atomic mass is 16.2. The molecule has 5 nitrogen and oxygen atoms in total. The maximum absolute atomic E-state index is 12.5. The van der Waals surface area contributed by atoms with Crippen LogP contribution in [0.25, 0.3) is 0 Å². The van der Waals surface area contributed by atoms with Crippen molar-refractivity contribution in [1.82, 2.24) is 15.1 Å². The Morgan fingerprint density at radius 3 is 2.32 bits per heavy atom. The summed E-state index contributed by atoms with van der Waals surface area (Å²) in [5.41, 5.74) is 3.42. The maximum Gasteiger partial charge on any atom is 0.227 e. The smallest absolute Gasteiger partial charge is 0.227 e. The molecule has 0 N–H and O–H groups in total. The number of benzene rings is 1. The number of aromatic nitrogens is 2. The van der Waals surface area contributed by atoms with Crippen molar-refractivity contribution in [2.75, 3.05) is 31.1 Å². The Balaban J connectivity index is 1.31. The van der Waals surface area contributed by atoms with E-state index in [2.05, 4.69) is 46.3 Å². The summed E-state index contributed by atoms with van der Waals surface area (Å²) in [5.74, 6) is 1.77. The Morgan fingerprint density at radius 2 is 1.72 bits per heavy atom. The highest BCUT2D eigenvalue weighted by molar-refractivity contribution is 5.79. The Bertz CT molecular complexity index is 729. The Morgan fingerprint density at radius 1 is 1.00 bits per heavy atom. The molecule has 1 amide bonds. The molecule has 1 saturated carbocycles. The molecular formula is C20H24N4O. The topological polar surface area (TPSA) is 49.3 Å². The van der Waals surface area contributed by atoms with Crippen LogP contribution >= 0.6 is 0 Å². The van der Waals surface area contributed by atoms with Gasteiger partial charge in [0.05, 0.1) is 12.1 Å². The van der Waals surface area contributed by atoms with E-state index in [1.165, 1.54) is 18.4 Å². The summed E-state index contributed by atoms with van der Waals surface area (Å²) in [5, 5.41) is 8.74. The molecule has 0 spiro atoms. The van der Waals surface area contributed by atoms with Crippen molar-refractivity contribution in [3.63, 3.8) is 0 Å². The molecule has 0 unspecified atom stereocenters. The van der Waals surface area contributed by atoms with Crippen LogP contribution in [0.15, 0.2) is 36.4 Å². The van der Waals surface area contributed by atoms with Gasteiger partial charge in [-0.25, -0.2) is 0 Å². The number of carbonyl (C=O) groups is 1. The number of aryl methyl sites for hydroxylation is 1. The lowest BCUT2D eigenvalue weighted by Crippen LogP contribution is -2.49. The van der Waals surface area contributed by atoms with E-state index in [9.17, 15) is 4.79 Å². The van der Waals surface area contributed by atoms with Gasteiger partial charge in [-0.2, -0.15) is 5.10 Å². The van der Waals surface area contributed by atoms with Gasteiger partial charge >= 0.3 is 0 Å². The SMILES string of the molecule is Cc1ccc(CC(=O)N2CCN(c3ccc(C4CC4)nn3)CC2)cc1. The molecule has 1 aromatic heterocycles. The number of nitrogens with zero attached hydrogens (tertiary/aromatic N) is 4. The van der Waals surface area contributed by atoms with Crippen molar-refractivity contribution < 1.29 is 4.79 Å². The summed E-state index contributed by atoms with van der Waals surface area (Å²) < 4.78 is 0. The van der Waals surface area contributed by atoms with Crippen LogP contribution in [-0.2, 0) is 11.2 Å². The summed E-state index contributed by atoms with van der Waals surface area (Å²) in [6.45, 7) is 5.19. The molecule has 0 radical (unpaired) electrons. The van der Waals surface area contributed by atoms with E-state index >= 15 is 0 Å². The maximum atomic E-state index is 12.5. The number of hydrogen-bond acceptors (Lipinski definition) is 4. The lowest BCUT2D eigenvalue weighted by molar-refractivity contribution is -0.130. The van der Waals surface area contributed by atoms with Gasteiger partial charge in [-0.15, -0.1) is 5.10 Å². The molecule has 25 heavy (non-hydrogen) atoms. The standard InChI is InChI=1S/C20H24N4O/c1-15-2-4-16(5-3-15)14-20(25)24-12-10-23(11-13-24)19-9-8-18(21-22-19)17-6-7-17/h2-5,8-9,17H,6-7,10-14H2,1H3. The molecule has 0 atom stereocenters. The molecule has 5 heteroatoms. The number of rotatable bonds is 4. The van der Waals surface area contributed by atoms with E-state index in [4.69, 9.17) is 0 Å². The van der Waals surface area contributed by atoms with Gasteiger partial charge in [0.2, 0.25) is 5.91 Å². The van der Waals surface area contributed by atoms with Gasteiger partial charge in [0.15, 0.2) is 5.82 Å². The second-order valence-electron chi connectivity index (χ2n) is 7.12. The molecule has 1 aliphatic heterocycles. The Labute approximate surface area is 148 Å². The minimum atomic E-state index is 0.207. The number of hydrogen-bond donors (Lipinski definition) is 0. The Hall–Kier alpha value is -2.43. The van der Waals surface area contributed by atoms with E-state index in [0.717, 1.165) is 43.3 Å². The van der Waals surface area contributed by atoms with Crippen LogP contribution in [0, 0.1) is 6.92 Å². The molecule has 2 fully saturated rings. The molecule has 1 aromatic carbocycles. The molecule has 0 bridgehead atoms. The zero-order chi connectivity index (χ0) is 17.2. The zero-order valence-electron chi connectivity index (χ0n) is 14.7. The number of amides is 1. The summed E-state index contributed by atoms with van der Waals surface area (Å²) >= 11 is 0. The fourth-order valence-corrected chi connectivity index (χ4v) is 3.28. The van der Waals surface area contributed by atoms with Crippen LogP contribution in [0.3, 0.4) is 0 Å². The second-order valence-corrected chi connectivity index (χ2v) is 7.12. The molecule has 1 saturated heterocycles. The first kappa shape index (κ1) is 16.1. The minimum Gasteiger partial charge on any atom is -0.352 e. The van der Waals surface area contributed by atoms with E-state index in [-0.39, 0.29) is 5.91 Å². The lowest BCUT2D eigenvalue weighted by atomic mass is 10.1. The summed E-state index contributed by atoms with van der Waals surface area (Å²) in [6.07, 6.45) is 2.97. The van der Waals surface area contributed by atoms with Crippen molar-refractivity contribution >= 4 is 11.7 Å². The van der Waals surface area contributed by atoms with E-state index < -0.39 is 0 Å². The third-order valence-electron chi connectivity index (χ3n) is 5.10. The minimum absolute atomic E-state index is 0.207. The van der Waals surface area contributed by atoms with Crippen LogP contribution < -0.4 is 4.90 Å². The van der Waals surface area contributed by atoms with E-state index in [1.54, 1.807) is 0 Å². The van der Waals surface area contributed by atoms with Gasteiger partial charge in [0, 0.05) is 32.1 Å². The summed E-state index contributed by atoms with van der Waals surface area (Å²) in [6, 6.07) is 12.4. The van der Waals surface area contributed by atoms with Crippen LogP contribution in [0.2, 0.25) is 0 Å². The van der Waals surface area contributed by atoms with Crippen LogP contribution in [0.4, 0.5) is 5.82 Å². The summed E-state index contributed by atoms with van der Waals surface area (Å²) in [4.78, 5) is 16.7. The predicted molar refractivity (Wildman–Crippen MR) is 97.7 cm³/mol. The normalized spacial score (nSPS) is 17.6. The fraction of sp³-hybridized carbons (Fsp3) is 0.450. The van der Waals surface area contributed by atoms with Crippen molar-refractivity contribution in [3.05, 3.63) is 53.2 Å². The fourth-order valence-electron chi connectivity index (χ4n) is 3.28. The van der Waals surface area contributed by atoms with Crippen molar-refractivity contribution in [2.45, 2.75) is 32.1 Å².